The molecule has 1 atom stereocenters. The highest BCUT2D eigenvalue weighted by Crippen LogP contribution is 2.30. The molecular formula is C16H23NO3S. The summed E-state index contributed by atoms with van der Waals surface area (Å²) in [5.74, 6) is -0.716. The van der Waals surface area contributed by atoms with Gasteiger partial charge in [0.05, 0.1) is 5.41 Å². The van der Waals surface area contributed by atoms with Gasteiger partial charge in [-0.25, -0.2) is 0 Å². The number of nitrogens with zero attached hydrogens (tertiary/aromatic N) is 1. The molecule has 0 bridgehead atoms. The lowest BCUT2D eigenvalue weighted by Crippen LogP contribution is -2.34. The first kappa shape index (κ1) is 16.0. The minimum absolute atomic E-state index is 0.0876. The lowest BCUT2D eigenvalue weighted by molar-refractivity contribution is -0.147. The fourth-order valence-corrected chi connectivity index (χ4v) is 3.84. The van der Waals surface area contributed by atoms with Crippen molar-refractivity contribution in [2.24, 2.45) is 5.41 Å². The minimum Gasteiger partial charge on any atom is -0.481 e. The summed E-state index contributed by atoms with van der Waals surface area (Å²) in [7, 11) is 0. The molecule has 1 unspecified atom stereocenters. The quantitative estimate of drug-likeness (QED) is 0.909. The van der Waals surface area contributed by atoms with E-state index in [9.17, 15) is 14.7 Å². The zero-order valence-electron chi connectivity index (χ0n) is 12.9. The fraction of sp³-hybridized carbons (Fsp3) is 0.625. The van der Waals surface area contributed by atoms with Crippen LogP contribution in [-0.2, 0) is 16.0 Å². The molecule has 1 aliphatic heterocycles. The van der Waals surface area contributed by atoms with Crippen LogP contribution >= 0.6 is 11.3 Å². The van der Waals surface area contributed by atoms with E-state index in [2.05, 4.69) is 19.9 Å². The maximum atomic E-state index is 12.2. The standard InChI is InChI=1S/C16H23NO3S/c1-11-9-13(12(2)21-11)5-4-6-14(18)17-8-7-16(3,10-17)15(19)20/h9H,4-8,10H2,1-3H3,(H,19,20). The van der Waals surface area contributed by atoms with Crippen molar-refractivity contribution in [1.82, 2.24) is 4.90 Å². The summed E-state index contributed by atoms with van der Waals surface area (Å²) in [5.41, 5.74) is 0.568. The molecule has 116 valence electrons. The predicted molar refractivity (Wildman–Crippen MR) is 83.7 cm³/mol. The summed E-state index contributed by atoms with van der Waals surface area (Å²) < 4.78 is 0. The van der Waals surface area contributed by atoms with Crippen LogP contribution < -0.4 is 0 Å². The Kier molecular flexibility index (Phi) is 4.71. The van der Waals surface area contributed by atoms with Crippen molar-refractivity contribution >= 4 is 23.2 Å². The first-order valence-electron chi connectivity index (χ1n) is 7.39. The van der Waals surface area contributed by atoms with E-state index >= 15 is 0 Å². The van der Waals surface area contributed by atoms with E-state index in [1.807, 2.05) is 0 Å². The summed E-state index contributed by atoms with van der Waals surface area (Å²) in [6.07, 6.45) is 2.81. The largest absolute Gasteiger partial charge is 0.481 e. The second-order valence-corrected chi connectivity index (χ2v) is 7.68. The number of carbonyl (C=O) groups excluding carboxylic acids is 1. The molecular weight excluding hydrogens is 286 g/mol. The van der Waals surface area contributed by atoms with Crippen LogP contribution in [0.1, 0.15) is 41.5 Å². The average Bonchev–Trinajstić information content (AvgIpc) is 2.94. The maximum absolute atomic E-state index is 12.2. The minimum atomic E-state index is -0.804. The molecule has 0 radical (unpaired) electrons. The summed E-state index contributed by atoms with van der Waals surface area (Å²) in [4.78, 5) is 27.7. The second-order valence-electron chi connectivity index (χ2n) is 6.22. The van der Waals surface area contributed by atoms with Crippen molar-refractivity contribution in [3.8, 4) is 0 Å². The number of amides is 1. The van der Waals surface area contributed by atoms with Crippen molar-refractivity contribution in [3.05, 3.63) is 21.4 Å². The molecule has 5 heteroatoms. The van der Waals surface area contributed by atoms with Gasteiger partial charge in [-0.1, -0.05) is 0 Å². The molecule has 1 amide bonds. The van der Waals surface area contributed by atoms with Crippen LogP contribution in [0.2, 0.25) is 0 Å². The first-order chi connectivity index (χ1) is 9.82. The van der Waals surface area contributed by atoms with Crippen LogP contribution in [0, 0.1) is 19.3 Å². The Morgan fingerprint density at radius 2 is 2.14 bits per heavy atom. The van der Waals surface area contributed by atoms with Crippen molar-refractivity contribution in [3.63, 3.8) is 0 Å². The van der Waals surface area contributed by atoms with Crippen LogP contribution in [0.4, 0.5) is 0 Å². The van der Waals surface area contributed by atoms with E-state index in [0.717, 1.165) is 12.8 Å². The highest BCUT2D eigenvalue weighted by molar-refractivity contribution is 7.12. The number of rotatable bonds is 5. The van der Waals surface area contributed by atoms with Crippen molar-refractivity contribution in [1.29, 1.82) is 0 Å². The number of aliphatic carboxylic acids is 1. The Morgan fingerprint density at radius 3 is 2.67 bits per heavy atom. The van der Waals surface area contributed by atoms with Crippen LogP contribution in [0.15, 0.2) is 6.07 Å². The number of likely N-dealkylation sites (tertiary alicyclic amines) is 1. The molecule has 21 heavy (non-hydrogen) atoms. The lowest BCUT2D eigenvalue weighted by atomic mass is 9.90. The van der Waals surface area contributed by atoms with Gasteiger partial charge in [0.25, 0.3) is 0 Å². The SMILES string of the molecule is Cc1cc(CCCC(=O)N2CCC(C)(C(=O)O)C2)c(C)s1. The first-order valence-corrected chi connectivity index (χ1v) is 8.20. The van der Waals surface area contributed by atoms with Gasteiger partial charge in [-0.2, -0.15) is 0 Å². The molecule has 0 saturated carbocycles. The Morgan fingerprint density at radius 1 is 1.43 bits per heavy atom. The molecule has 1 N–H and O–H groups in total. The molecule has 1 fully saturated rings. The molecule has 1 aliphatic rings. The van der Waals surface area contributed by atoms with Crippen molar-refractivity contribution in [2.45, 2.75) is 46.5 Å². The molecule has 4 nitrogen and oxygen atoms in total. The lowest BCUT2D eigenvalue weighted by Gasteiger charge is -2.20. The van der Waals surface area contributed by atoms with Gasteiger partial charge in [0.15, 0.2) is 0 Å². The van der Waals surface area contributed by atoms with E-state index < -0.39 is 11.4 Å². The van der Waals surface area contributed by atoms with Gasteiger partial charge in [-0.15, -0.1) is 11.3 Å². The normalized spacial score (nSPS) is 21.8. The molecule has 1 aromatic rings. The predicted octanol–water partition coefficient (Wildman–Crippen LogP) is 3.01. The Balaban J connectivity index is 1.81. The molecule has 1 saturated heterocycles. The zero-order chi connectivity index (χ0) is 15.6. The molecule has 0 aliphatic carbocycles. The highest BCUT2D eigenvalue weighted by Gasteiger charge is 2.41. The number of carboxylic acid groups (broad SMARTS) is 1. The topological polar surface area (TPSA) is 57.6 Å². The highest BCUT2D eigenvalue weighted by atomic mass is 32.1. The monoisotopic (exact) mass is 309 g/mol. The van der Waals surface area contributed by atoms with Crippen LogP contribution in [0.25, 0.3) is 0 Å². The third-order valence-electron chi connectivity index (χ3n) is 4.32. The van der Waals surface area contributed by atoms with Crippen LogP contribution in [-0.4, -0.2) is 35.0 Å². The van der Waals surface area contributed by atoms with Gasteiger partial charge in [0.2, 0.25) is 5.91 Å². The Bertz CT molecular complexity index is 552. The fourth-order valence-electron chi connectivity index (χ4n) is 2.87. The van der Waals surface area contributed by atoms with Crippen molar-refractivity contribution in [2.75, 3.05) is 13.1 Å². The van der Waals surface area contributed by atoms with Crippen LogP contribution in [0.3, 0.4) is 0 Å². The van der Waals surface area contributed by atoms with Crippen LogP contribution in [0.5, 0.6) is 0 Å². The number of hydrogen-bond acceptors (Lipinski definition) is 3. The van der Waals surface area contributed by atoms with E-state index in [1.165, 1.54) is 15.3 Å². The molecule has 2 rings (SSSR count). The third kappa shape index (κ3) is 3.64. The van der Waals surface area contributed by atoms with Gasteiger partial charge < -0.3 is 10.0 Å². The third-order valence-corrected chi connectivity index (χ3v) is 5.33. The van der Waals surface area contributed by atoms with Gasteiger partial charge in [-0.05, 0) is 51.7 Å². The van der Waals surface area contributed by atoms with E-state index in [-0.39, 0.29) is 5.91 Å². The van der Waals surface area contributed by atoms with Gasteiger partial charge in [0, 0.05) is 29.3 Å². The molecule has 0 spiro atoms. The Hall–Kier alpha value is -1.36. The summed E-state index contributed by atoms with van der Waals surface area (Å²) in [6, 6.07) is 2.20. The van der Waals surface area contributed by atoms with Crippen molar-refractivity contribution < 1.29 is 14.7 Å². The van der Waals surface area contributed by atoms with Gasteiger partial charge >= 0.3 is 5.97 Å². The van der Waals surface area contributed by atoms with Gasteiger partial charge in [0.1, 0.15) is 0 Å². The number of hydrogen-bond donors (Lipinski definition) is 1. The number of thiophene rings is 1. The maximum Gasteiger partial charge on any atom is 0.311 e. The number of carbonyl (C=O) groups is 2. The van der Waals surface area contributed by atoms with E-state index in [4.69, 9.17) is 0 Å². The molecule has 1 aromatic heterocycles. The molecule has 2 heterocycles. The second kappa shape index (κ2) is 6.18. The molecule has 0 aromatic carbocycles. The summed E-state index contributed by atoms with van der Waals surface area (Å²) in [5, 5.41) is 9.19. The smallest absolute Gasteiger partial charge is 0.311 e. The average molecular weight is 309 g/mol. The number of carboxylic acids is 1. The van der Waals surface area contributed by atoms with E-state index in [0.29, 0.717) is 25.9 Å². The zero-order valence-corrected chi connectivity index (χ0v) is 13.8. The Labute approximate surface area is 129 Å². The van der Waals surface area contributed by atoms with Gasteiger partial charge in [-0.3, -0.25) is 9.59 Å². The number of aryl methyl sites for hydroxylation is 3. The summed E-state index contributed by atoms with van der Waals surface area (Å²) in [6.45, 7) is 6.85. The van der Waals surface area contributed by atoms with E-state index in [1.54, 1.807) is 23.2 Å². The summed E-state index contributed by atoms with van der Waals surface area (Å²) >= 11 is 1.80.